The van der Waals surface area contributed by atoms with Gasteiger partial charge in [-0.15, -0.1) is 0 Å². The van der Waals surface area contributed by atoms with E-state index in [9.17, 15) is 13.2 Å². The van der Waals surface area contributed by atoms with Gasteiger partial charge in [0.15, 0.2) is 0 Å². The molecule has 4 aromatic rings. The number of nitrogens with zero attached hydrogens (tertiary/aromatic N) is 2. The summed E-state index contributed by atoms with van der Waals surface area (Å²) in [5.41, 5.74) is 3.48. The number of benzene rings is 4. The van der Waals surface area contributed by atoms with Crippen molar-refractivity contribution in [1.82, 2.24) is 0 Å². The van der Waals surface area contributed by atoms with Crippen LogP contribution in [0.5, 0.6) is 5.75 Å². The minimum Gasteiger partial charge on any atom is -0.496 e. The molecule has 1 aliphatic rings. The first-order chi connectivity index (χ1) is 18.3. The second kappa shape index (κ2) is 10.3. The number of aryl methyl sites for hydroxylation is 1. The summed E-state index contributed by atoms with van der Waals surface area (Å²) in [7, 11) is -2.38. The molecule has 7 heteroatoms. The lowest BCUT2D eigenvalue weighted by atomic mass is 9.90. The van der Waals surface area contributed by atoms with Gasteiger partial charge in [-0.3, -0.25) is 9.10 Å². The second-order valence-corrected chi connectivity index (χ2v) is 11.3. The van der Waals surface area contributed by atoms with Gasteiger partial charge in [0.25, 0.3) is 15.9 Å². The Morgan fingerprint density at radius 2 is 1.50 bits per heavy atom. The number of methoxy groups -OCH3 is 1. The van der Waals surface area contributed by atoms with Crippen LogP contribution in [0.4, 0.5) is 11.4 Å². The molecule has 6 nitrogen and oxygen atoms in total. The monoisotopic (exact) mass is 526 g/mol. The second-order valence-electron chi connectivity index (χ2n) is 9.48. The fraction of sp³-hybridized carbons (Fsp3) is 0.194. The first-order valence-electron chi connectivity index (χ1n) is 12.5. The van der Waals surface area contributed by atoms with Gasteiger partial charge >= 0.3 is 0 Å². The van der Waals surface area contributed by atoms with Crippen LogP contribution in [0.3, 0.4) is 0 Å². The normalized spacial score (nSPS) is 17.0. The number of hydrogen-bond acceptors (Lipinski definition) is 4. The number of para-hydroxylation sites is 3. The Labute approximate surface area is 224 Å². The maximum absolute atomic E-state index is 14.2. The van der Waals surface area contributed by atoms with E-state index in [0.717, 1.165) is 11.1 Å². The molecule has 0 fully saturated rings. The van der Waals surface area contributed by atoms with Crippen molar-refractivity contribution in [3.05, 3.63) is 120 Å². The number of amides is 1. The number of anilines is 2. The van der Waals surface area contributed by atoms with Crippen LogP contribution < -0.4 is 13.9 Å². The summed E-state index contributed by atoms with van der Waals surface area (Å²) in [6, 6.07) is 30.0. The molecule has 5 rings (SSSR count). The molecule has 0 saturated carbocycles. The fourth-order valence-corrected chi connectivity index (χ4v) is 6.79. The molecule has 1 heterocycles. The molecule has 0 aliphatic carbocycles. The number of sulfonamides is 1. The van der Waals surface area contributed by atoms with Gasteiger partial charge in [0, 0.05) is 11.7 Å². The molecule has 194 valence electrons. The van der Waals surface area contributed by atoms with Crippen molar-refractivity contribution in [1.29, 1.82) is 0 Å². The summed E-state index contributed by atoms with van der Waals surface area (Å²) in [4.78, 5) is 15.8. The summed E-state index contributed by atoms with van der Waals surface area (Å²) < 4.78 is 35.4. The van der Waals surface area contributed by atoms with E-state index in [0.29, 0.717) is 29.1 Å². The molecular weight excluding hydrogens is 496 g/mol. The van der Waals surface area contributed by atoms with Crippen molar-refractivity contribution in [3.63, 3.8) is 0 Å². The Morgan fingerprint density at radius 3 is 2.21 bits per heavy atom. The zero-order valence-corrected chi connectivity index (χ0v) is 22.4. The van der Waals surface area contributed by atoms with E-state index in [1.165, 1.54) is 4.31 Å². The van der Waals surface area contributed by atoms with Crippen LogP contribution in [0.1, 0.15) is 40.9 Å². The van der Waals surface area contributed by atoms with Crippen molar-refractivity contribution >= 4 is 27.3 Å². The van der Waals surface area contributed by atoms with Crippen molar-refractivity contribution < 1.29 is 17.9 Å². The molecule has 1 amide bonds. The van der Waals surface area contributed by atoms with Crippen molar-refractivity contribution in [3.8, 4) is 5.75 Å². The van der Waals surface area contributed by atoms with Gasteiger partial charge in [-0.05, 0) is 68.3 Å². The predicted octanol–water partition coefficient (Wildman–Crippen LogP) is 6.38. The Kier molecular flexibility index (Phi) is 6.95. The predicted molar refractivity (Wildman–Crippen MR) is 150 cm³/mol. The lowest BCUT2D eigenvalue weighted by Gasteiger charge is -2.43. The van der Waals surface area contributed by atoms with E-state index in [2.05, 4.69) is 0 Å². The quantitative estimate of drug-likeness (QED) is 0.292. The van der Waals surface area contributed by atoms with Crippen LogP contribution >= 0.6 is 0 Å². The third-order valence-corrected chi connectivity index (χ3v) is 8.84. The highest BCUT2D eigenvalue weighted by molar-refractivity contribution is 7.92. The molecule has 0 spiro atoms. The van der Waals surface area contributed by atoms with Gasteiger partial charge in [0.2, 0.25) is 0 Å². The summed E-state index contributed by atoms with van der Waals surface area (Å²) in [6.07, 6.45) is 0.415. The summed E-state index contributed by atoms with van der Waals surface area (Å²) in [5, 5.41) is 0. The molecular formula is C31H30N2O4S. The smallest absolute Gasteiger partial charge is 0.264 e. The minimum absolute atomic E-state index is 0.187. The van der Waals surface area contributed by atoms with E-state index in [-0.39, 0.29) is 16.8 Å². The Hall–Kier alpha value is -4.10. The number of carbonyl (C=O) groups excluding carboxylic acids is 1. The highest BCUT2D eigenvalue weighted by Gasteiger charge is 2.41. The van der Waals surface area contributed by atoms with Gasteiger partial charge in [0.05, 0.1) is 29.3 Å². The highest BCUT2D eigenvalue weighted by Crippen LogP contribution is 2.45. The van der Waals surface area contributed by atoms with Gasteiger partial charge in [-0.2, -0.15) is 0 Å². The van der Waals surface area contributed by atoms with Gasteiger partial charge in [-0.25, -0.2) is 8.42 Å². The molecule has 0 unspecified atom stereocenters. The highest BCUT2D eigenvalue weighted by atomic mass is 32.2. The van der Waals surface area contributed by atoms with E-state index < -0.39 is 16.1 Å². The summed E-state index contributed by atoms with van der Waals surface area (Å²) in [6.45, 7) is 3.88. The number of ether oxygens (including phenoxy) is 1. The Balaban J connectivity index is 1.65. The standard InChI is InChI=1S/C31H30N2O4S/c1-22-17-19-25(20-18-22)38(35,36)33(24-11-5-4-6-12-24)29-21-23(2)32(28-15-9-7-13-26(28)29)31(34)27-14-8-10-16-30(27)37-3/h4-20,23,29H,21H2,1-3H3/t23-,29-/m0/s1. The first kappa shape index (κ1) is 25.5. The lowest BCUT2D eigenvalue weighted by molar-refractivity contribution is 0.0971. The Bertz CT molecular complexity index is 1550. The van der Waals surface area contributed by atoms with Crippen molar-refractivity contribution in [2.24, 2.45) is 0 Å². The zero-order valence-electron chi connectivity index (χ0n) is 21.6. The topological polar surface area (TPSA) is 66.9 Å². The molecule has 0 aromatic heterocycles. The number of hydrogen-bond donors (Lipinski definition) is 0. The SMILES string of the molecule is COc1ccccc1C(=O)N1c2ccccc2[C@@H](N(c2ccccc2)S(=O)(=O)c2ccc(C)cc2)C[C@@H]1C. The molecule has 2 atom stereocenters. The van der Waals surface area contributed by atoms with Crippen molar-refractivity contribution in [2.45, 2.75) is 37.2 Å². The van der Waals surface area contributed by atoms with E-state index in [4.69, 9.17) is 4.74 Å². The molecule has 0 radical (unpaired) electrons. The van der Waals surface area contributed by atoms with Gasteiger partial charge in [-0.1, -0.05) is 66.2 Å². The molecule has 38 heavy (non-hydrogen) atoms. The average molecular weight is 527 g/mol. The minimum atomic E-state index is -3.93. The molecule has 0 bridgehead atoms. The summed E-state index contributed by atoms with van der Waals surface area (Å²) >= 11 is 0. The molecule has 1 aliphatic heterocycles. The third-order valence-electron chi connectivity index (χ3n) is 6.99. The lowest BCUT2D eigenvalue weighted by Crippen LogP contribution is -2.47. The maximum Gasteiger partial charge on any atom is 0.264 e. The molecule has 4 aromatic carbocycles. The van der Waals surface area contributed by atoms with Crippen LogP contribution in [-0.2, 0) is 10.0 Å². The van der Waals surface area contributed by atoms with Gasteiger partial charge < -0.3 is 9.64 Å². The number of fused-ring (bicyclic) bond motifs is 1. The van der Waals surface area contributed by atoms with Crippen LogP contribution in [0.15, 0.2) is 108 Å². The fourth-order valence-electron chi connectivity index (χ4n) is 5.15. The number of carbonyl (C=O) groups is 1. The van der Waals surface area contributed by atoms with Crippen LogP contribution in [0.2, 0.25) is 0 Å². The largest absolute Gasteiger partial charge is 0.496 e. The van der Waals surface area contributed by atoms with Crippen LogP contribution in [-0.4, -0.2) is 27.5 Å². The molecule has 0 N–H and O–H groups in total. The van der Waals surface area contributed by atoms with Crippen LogP contribution in [0, 0.1) is 6.92 Å². The van der Waals surface area contributed by atoms with Crippen molar-refractivity contribution in [2.75, 3.05) is 16.3 Å². The van der Waals surface area contributed by atoms with E-state index >= 15 is 0 Å². The third kappa shape index (κ3) is 4.54. The van der Waals surface area contributed by atoms with E-state index in [1.54, 1.807) is 48.4 Å². The molecule has 0 saturated heterocycles. The van der Waals surface area contributed by atoms with Crippen LogP contribution in [0.25, 0.3) is 0 Å². The van der Waals surface area contributed by atoms with Gasteiger partial charge in [0.1, 0.15) is 5.75 Å². The average Bonchev–Trinajstić information content (AvgIpc) is 2.93. The Morgan fingerprint density at radius 1 is 0.868 bits per heavy atom. The maximum atomic E-state index is 14.2. The zero-order chi connectivity index (χ0) is 26.9. The number of rotatable bonds is 6. The summed E-state index contributed by atoms with van der Waals surface area (Å²) in [5.74, 6) is 0.311. The van der Waals surface area contributed by atoms with E-state index in [1.807, 2.05) is 80.6 Å². The first-order valence-corrected chi connectivity index (χ1v) is 14.0.